The number of aromatic nitrogens is 5. The second-order valence-electron chi connectivity index (χ2n) is 14.5. The fraction of sp³-hybridized carbons (Fsp3) is 0.0638. The Morgan fingerprint density at radius 1 is 0.564 bits per heavy atom. The smallest absolute Gasteiger partial charge is 0.417 e. The monoisotopic (exact) mass is 710 g/mol. The van der Waals surface area contributed by atoms with Crippen molar-refractivity contribution in [3.63, 3.8) is 0 Å². The number of imidazole rings is 1. The van der Waals surface area contributed by atoms with Crippen molar-refractivity contribution in [2.75, 3.05) is 11.9 Å². The first-order chi connectivity index (χ1) is 27.0. The summed E-state index contributed by atoms with van der Waals surface area (Å²) in [5.41, 5.74) is 11.4. The molecule has 10 aromatic rings. The Kier molecular flexibility index (Phi) is 6.86. The summed E-state index contributed by atoms with van der Waals surface area (Å²) in [6.07, 6.45) is 5.98. The molecule has 0 radical (unpaired) electrons. The summed E-state index contributed by atoms with van der Waals surface area (Å²) in [6, 6.07) is 49.1. The second-order valence-corrected chi connectivity index (χ2v) is 14.5. The highest BCUT2D eigenvalue weighted by Crippen LogP contribution is 2.41. The van der Waals surface area contributed by atoms with E-state index in [1.54, 1.807) is 0 Å². The number of fused-ring (bicyclic) bond motifs is 9. The zero-order valence-electron chi connectivity index (χ0n) is 30.7. The molecule has 55 heavy (non-hydrogen) atoms. The highest BCUT2D eigenvalue weighted by molar-refractivity contribution is 6.77. The molecule has 8 heteroatoms. The van der Waals surface area contributed by atoms with Crippen LogP contribution in [0.1, 0.15) is 11.1 Å². The van der Waals surface area contributed by atoms with Crippen molar-refractivity contribution in [1.29, 1.82) is 0 Å². The van der Waals surface area contributed by atoms with E-state index < -0.39 is 0 Å². The number of rotatable bonds is 5. The van der Waals surface area contributed by atoms with E-state index >= 15 is 0 Å². The summed E-state index contributed by atoms with van der Waals surface area (Å²) in [4.78, 5) is 12.3. The van der Waals surface area contributed by atoms with Gasteiger partial charge in [0.15, 0.2) is 0 Å². The van der Waals surface area contributed by atoms with Gasteiger partial charge in [-0.1, -0.05) is 83.9 Å². The topological polar surface area (TPSA) is 53.0 Å². The van der Waals surface area contributed by atoms with Gasteiger partial charge in [-0.3, -0.25) is 4.57 Å². The van der Waals surface area contributed by atoms with Crippen LogP contribution in [0.25, 0.3) is 66.5 Å². The molecule has 0 atom stereocenters. The van der Waals surface area contributed by atoms with Crippen LogP contribution in [0.2, 0.25) is 0 Å². The van der Waals surface area contributed by atoms with Gasteiger partial charge in [0.05, 0.1) is 28.3 Å². The predicted molar refractivity (Wildman–Crippen MR) is 226 cm³/mol. The Bertz CT molecular complexity index is 3120. The lowest BCUT2D eigenvalue weighted by atomic mass is 9.60. The summed E-state index contributed by atoms with van der Waals surface area (Å²) < 4.78 is 13.5. The zero-order chi connectivity index (χ0) is 36.8. The van der Waals surface area contributed by atoms with E-state index in [0.717, 1.165) is 72.9 Å². The molecule has 11 rings (SSSR count). The van der Waals surface area contributed by atoms with Crippen LogP contribution >= 0.6 is 0 Å². The van der Waals surface area contributed by atoms with Gasteiger partial charge in [-0.05, 0) is 87.0 Å². The third kappa shape index (κ3) is 4.71. The van der Waals surface area contributed by atoms with E-state index in [-0.39, 0.29) is 6.98 Å². The molecule has 1 aliphatic rings. The number of nitrogens with zero attached hydrogens (tertiary/aromatic N) is 6. The quantitative estimate of drug-likeness (QED) is 0.167. The molecule has 0 spiro atoms. The summed E-state index contributed by atoms with van der Waals surface area (Å²) in [6.45, 7) is 4.38. The minimum absolute atomic E-state index is 0.00464. The predicted octanol–water partition coefficient (Wildman–Crippen LogP) is 10.2. The van der Waals surface area contributed by atoms with Crippen molar-refractivity contribution >= 4 is 61.7 Å². The normalized spacial score (nSPS) is 12.6. The third-order valence-corrected chi connectivity index (χ3v) is 11.4. The zero-order valence-corrected chi connectivity index (χ0v) is 30.7. The highest BCUT2D eigenvalue weighted by atomic mass is 16.5. The molecule has 0 bridgehead atoms. The molecule has 0 fully saturated rings. The van der Waals surface area contributed by atoms with Crippen molar-refractivity contribution in [1.82, 2.24) is 23.6 Å². The van der Waals surface area contributed by atoms with Crippen LogP contribution in [0.3, 0.4) is 0 Å². The molecule has 262 valence electrons. The lowest BCUT2D eigenvalue weighted by Gasteiger charge is -2.36. The second kappa shape index (κ2) is 12.0. The van der Waals surface area contributed by atoms with Crippen LogP contribution in [0.5, 0.6) is 11.5 Å². The maximum Gasteiger partial charge on any atom is 0.417 e. The van der Waals surface area contributed by atoms with Gasteiger partial charge < -0.3 is 18.6 Å². The van der Waals surface area contributed by atoms with Crippen molar-refractivity contribution in [3.05, 3.63) is 169 Å². The fourth-order valence-electron chi connectivity index (χ4n) is 8.90. The number of pyridine rings is 1. The molecule has 0 unspecified atom stereocenters. The molecule has 0 aliphatic carbocycles. The lowest BCUT2D eigenvalue weighted by Crippen LogP contribution is -2.56. The molecule has 5 heterocycles. The molecule has 1 aliphatic heterocycles. The minimum atomic E-state index is 0.00464. The van der Waals surface area contributed by atoms with Crippen molar-refractivity contribution < 1.29 is 4.74 Å². The maximum absolute atomic E-state index is 6.70. The summed E-state index contributed by atoms with van der Waals surface area (Å²) in [5.74, 6) is 3.28. The van der Waals surface area contributed by atoms with E-state index in [1.807, 2.05) is 12.4 Å². The van der Waals surface area contributed by atoms with Crippen LogP contribution in [0.15, 0.2) is 158 Å². The fourth-order valence-corrected chi connectivity index (χ4v) is 8.90. The van der Waals surface area contributed by atoms with Crippen LogP contribution in [0.4, 0.5) is 5.69 Å². The summed E-state index contributed by atoms with van der Waals surface area (Å²) in [5, 5.41) is 4.65. The number of anilines is 1. The Hall–Kier alpha value is -7.06. The Labute approximate surface area is 318 Å². The number of para-hydroxylation sites is 3. The van der Waals surface area contributed by atoms with Gasteiger partial charge >= 0.3 is 6.98 Å². The first-order valence-corrected chi connectivity index (χ1v) is 18.7. The largest absolute Gasteiger partial charge is 0.457 e. The van der Waals surface area contributed by atoms with Crippen molar-refractivity contribution in [2.45, 2.75) is 13.8 Å². The first-order valence-electron chi connectivity index (χ1n) is 18.7. The summed E-state index contributed by atoms with van der Waals surface area (Å²) >= 11 is 0. The average molecular weight is 711 g/mol. The van der Waals surface area contributed by atoms with Gasteiger partial charge in [0.2, 0.25) is 0 Å². The van der Waals surface area contributed by atoms with E-state index in [4.69, 9.17) is 14.7 Å². The maximum atomic E-state index is 6.70. The molecule has 4 aromatic heterocycles. The highest BCUT2D eigenvalue weighted by Gasteiger charge is 2.37. The Morgan fingerprint density at radius 2 is 1.24 bits per heavy atom. The minimum Gasteiger partial charge on any atom is -0.457 e. The Balaban J connectivity index is 1.02. The van der Waals surface area contributed by atoms with Crippen LogP contribution in [-0.4, -0.2) is 37.6 Å². The summed E-state index contributed by atoms with van der Waals surface area (Å²) in [7, 11) is 2.16. The molecule has 0 saturated heterocycles. The molecule has 7 nitrogen and oxygen atoms in total. The lowest BCUT2D eigenvalue weighted by molar-refractivity contribution is 0.483. The average Bonchev–Trinajstić information content (AvgIpc) is 3.92. The van der Waals surface area contributed by atoms with Gasteiger partial charge in [-0.2, -0.15) is 0 Å². The van der Waals surface area contributed by atoms with Gasteiger partial charge in [-0.25, -0.2) is 9.97 Å². The van der Waals surface area contributed by atoms with Gasteiger partial charge in [0.25, 0.3) is 0 Å². The third-order valence-electron chi connectivity index (χ3n) is 11.4. The van der Waals surface area contributed by atoms with Crippen LogP contribution in [0, 0.1) is 13.8 Å². The van der Waals surface area contributed by atoms with E-state index in [2.05, 4.69) is 185 Å². The van der Waals surface area contributed by atoms with Crippen LogP contribution < -0.4 is 15.0 Å². The number of hydrogen-bond donors (Lipinski definition) is 0. The van der Waals surface area contributed by atoms with Crippen molar-refractivity contribution in [3.8, 4) is 34.4 Å². The van der Waals surface area contributed by atoms with E-state index in [9.17, 15) is 0 Å². The molecular weight excluding hydrogens is 675 g/mol. The SMILES string of the molecule is Cc1cccc(C)c1B1N(C)c2ccc(Oc3ccc4c5ccccc5n(-c5cc6c7ccccc7n(-c7ccccc7)c6cn5)c4c3)cc2-c2nccn21. The first kappa shape index (κ1) is 31.5. The Morgan fingerprint density at radius 3 is 2.04 bits per heavy atom. The van der Waals surface area contributed by atoms with Gasteiger partial charge in [-0.15, -0.1) is 0 Å². The number of ether oxygens (including phenoxy) is 1. The molecule has 0 amide bonds. The molecule has 0 saturated carbocycles. The molecule has 6 aromatic carbocycles. The van der Waals surface area contributed by atoms with Crippen molar-refractivity contribution in [2.24, 2.45) is 0 Å². The number of hydrogen-bond acceptors (Lipinski definition) is 4. The molecule has 0 N–H and O–H groups in total. The van der Waals surface area contributed by atoms with E-state index in [0.29, 0.717) is 0 Å². The van der Waals surface area contributed by atoms with E-state index in [1.165, 1.54) is 27.4 Å². The standard InChI is InChI=1S/C47H35BN6O/c1-30-12-11-13-31(2)46(30)48-51(3)40-23-21-33(26-39(40)47-49-24-25-52(47)48)55-34-20-22-37-35-16-7-10-19-42(35)54(43(37)27-34)45-28-38-36-17-8-9-18-41(36)53(44(38)29-50-45)32-14-5-4-6-15-32/h4-29H,1-3H3. The van der Waals surface area contributed by atoms with Gasteiger partial charge in [0.1, 0.15) is 23.1 Å². The molecular formula is C47H35BN6O. The number of aryl methyl sites for hydroxylation is 2. The number of benzene rings is 6. The van der Waals surface area contributed by atoms with Gasteiger partial charge in [0, 0.05) is 56.9 Å². The van der Waals surface area contributed by atoms with Crippen LogP contribution in [-0.2, 0) is 0 Å².